The maximum absolute atomic E-state index is 11.6. The van der Waals surface area contributed by atoms with Crippen LogP contribution >= 0.6 is 0 Å². The molecule has 1 heterocycles. The number of amides is 2. The van der Waals surface area contributed by atoms with Gasteiger partial charge >= 0.3 is 0 Å². The number of carbonyl (C=O) groups excluding carboxylic acids is 2. The van der Waals surface area contributed by atoms with Gasteiger partial charge in [-0.25, -0.2) is 0 Å². The lowest BCUT2D eigenvalue weighted by Gasteiger charge is -2.32. The molecular formula is C10H18N2O2. The van der Waals surface area contributed by atoms with Crippen molar-refractivity contribution >= 4 is 11.8 Å². The highest BCUT2D eigenvalue weighted by atomic mass is 16.2. The summed E-state index contributed by atoms with van der Waals surface area (Å²) in [5.41, 5.74) is 5.41. The number of nitrogens with zero attached hydrogens (tertiary/aromatic N) is 1. The van der Waals surface area contributed by atoms with E-state index in [1.807, 2.05) is 13.8 Å². The summed E-state index contributed by atoms with van der Waals surface area (Å²) in [7, 11) is 0. The van der Waals surface area contributed by atoms with Crippen LogP contribution in [0.4, 0.5) is 0 Å². The van der Waals surface area contributed by atoms with Crippen LogP contribution in [0.25, 0.3) is 0 Å². The Morgan fingerprint density at radius 3 is 2.36 bits per heavy atom. The minimum Gasteiger partial charge on any atom is -0.330 e. The monoisotopic (exact) mass is 198 g/mol. The van der Waals surface area contributed by atoms with Crippen molar-refractivity contribution in [1.29, 1.82) is 0 Å². The molecule has 4 nitrogen and oxygen atoms in total. The molecule has 80 valence electrons. The Morgan fingerprint density at radius 1 is 1.43 bits per heavy atom. The van der Waals surface area contributed by atoms with Crippen molar-refractivity contribution in [3.63, 3.8) is 0 Å². The zero-order valence-corrected chi connectivity index (χ0v) is 8.82. The number of imide groups is 1. The van der Waals surface area contributed by atoms with Crippen molar-refractivity contribution in [2.75, 3.05) is 6.54 Å². The lowest BCUT2D eigenvalue weighted by Crippen LogP contribution is -2.48. The number of piperidine rings is 1. The second-order valence-corrected chi connectivity index (χ2v) is 4.10. The fraction of sp³-hybridized carbons (Fsp3) is 0.800. The molecule has 1 saturated heterocycles. The third kappa shape index (κ3) is 2.32. The van der Waals surface area contributed by atoms with Crippen LogP contribution < -0.4 is 5.73 Å². The van der Waals surface area contributed by atoms with Crippen LogP contribution in [-0.4, -0.2) is 29.3 Å². The second-order valence-electron chi connectivity index (χ2n) is 4.10. The summed E-state index contributed by atoms with van der Waals surface area (Å²) in [4.78, 5) is 24.6. The summed E-state index contributed by atoms with van der Waals surface area (Å²) in [6.45, 7) is 4.31. The van der Waals surface area contributed by atoms with E-state index in [0.29, 0.717) is 25.8 Å². The molecule has 1 aliphatic heterocycles. The van der Waals surface area contributed by atoms with Crippen molar-refractivity contribution in [3.8, 4) is 0 Å². The SMILES string of the molecule is CC1CC(=O)N(C(C)CCN)C(=O)C1. The second kappa shape index (κ2) is 4.55. The topological polar surface area (TPSA) is 63.4 Å². The normalized spacial score (nSPS) is 21.5. The number of rotatable bonds is 3. The third-order valence-electron chi connectivity index (χ3n) is 2.61. The predicted octanol–water partition coefficient (Wildman–Crippen LogP) is 0.509. The molecule has 14 heavy (non-hydrogen) atoms. The number of hydrogen-bond donors (Lipinski definition) is 1. The van der Waals surface area contributed by atoms with Crippen LogP contribution in [0, 0.1) is 5.92 Å². The summed E-state index contributed by atoms with van der Waals surface area (Å²) in [5, 5.41) is 0. The van der Waals surface area contributed by atoms with Crippen LogP contribution in [0.15, 0.2) is 0 Å². The molecule has 2 amide bonds. The van der Waals surface area contributed by atoms with Crippen molar-refractivity contribution in [2.24, 2.45) is 11.7 Å². The zero-order valence-electron chi connectivity index (χ0n) is 8.82. The molecule has 0 saturated carbocycles. The van der Waals surface area contributed by atoms with Gasteiger partial charge in [-0.15, -0.1) is 0 Å². The first-order valence-electron chi connectivity index (χ1n) is 5.11. The summed E-state index contributed by atoms with van der Waals surface area (Å²) in [6.07, 6.45) is 1.66. The van der Waals surface area contributed by atoms with Gasteiger partial charge < -0.3 is 5.73 Å². The van der Waals surface area contributed by atoms with Gasteiger partial charge in [0.1, 0.15) is 0 Å². The number of hydrogen-bond acceptors (Lipinski definition) is 3. The molecule has 0 aliphatic carbocycles. The fourth-order valence-electron chi connectivity index (χ4n) is 1.87. The number of carbonyl (C=O) groups is 2. The Balaban J connectivity index is 2.67. The molecule has 1 aliphatic rings. The van der Waals surface area contributed by atoms with Gasteiger partial charge in [-0.1, -0.05) is 6.92 Å². The third-order valence-corrected chi connectivity index (χ3v) is 2.61. The van der Waals surface area contributed by atoms with E-state index < -0.39 is 0 Å². The van der Waals surface area contributed by atoms with Gasteiger partial charge in [0.15, 0.2) is 0 Å². The molecule has 1 fully saturated rings. The van der Waals surface area contributed by atoms with Gasteiger partial charge in [-0.05, 0) is 25.8 Å². The molecule has 1 atom stereocenters. The van der Waals surface area contributed by atoms with E-state index in [1.165, 1.54) is 4.90 Å². The Kier molecular flexibility index (Phi) is 3.63. The Hall–Kier alpha value is -0.900. The molecule has 0 spiro atoms. The molecular weight excluding hydrogens is 180 g/mol. The average molecular weight is 198 g/mol. The molecule has 0 radical (unpaired) electrons. The van der Waals surface area contributed by atoms with Gasteiger partial charge in [0.05, 0.1) is 0 Å². The molecule has 2 N–H and O–H groups in total. The highest BCUT2D eigenvalue weighted by Gasteiger charge is 2.32. The van der Waals surface area contributed by atoms with E-state index in [0.717, 1.165) is 0 Å². The standard InChI is InChI=1S/C10H18N2O2/c1-7-5-9(13)12(10(14)6-7)8(2)3-4-11/h7-8H,3-6,11H2,1-2H3. The van der Waals surface area contributed by atoms with Crippen molar-refractivity contribution in [2.45, 2.75) is 39.2 Å². The maximum Gasteiger partial charge on any atom is 0.229 e. The fourth-order valence-corrected chi connectivity index (χ4v) is 1.87. The highest BCUT2D eigenvalue weighted by Crippen LogP contribution is 2.21. The lowest BCUT2D eigenvalue weighted by atomic mass is 9.96. The number of nitrogens with two attached hydrogens (primary N) is 1. The van der Waals surface area contributed by atoms with Crippen molar-refractivity contribution in [1.82, 2.24) is 4.90 Å². The average Bonchev–Trinajstić information content (AvgIpc) is 2.01. The molecule has 0 aromatic rings. The molecule has 1 unspecified atom stereocenters. The van der Waals surface area contributed by atoms with Crippen molar-refractivity contribution in [3.05, 3.63) is 0 Å². The van der Waals surface area contributed by atoms with E-state index in [1.54, 1.807) is 0 Å². The van der Waals surface area contributed by atoms with Crippen LogP contribution in [0.3, 0.4) is 0 Å². The maximum atomic E-state index is 11.6. The van der Waals surface area contributed by atoms with Gasteiger partial charge in [0, 0.05) is 18.9 Å². The largest absolute Gasteiger partial charge is 0.330 e. The summed E-state index contributed by atoms with van der Waals surface area (Å²) < 4.78 is 0. The smallest absolute Gasteiger partial charge is 0.229 e. The first-order valence-corrected chi connectivity index (χ1v) is 5.11. The summed E-state index contributed by atoms with van der Waals surface area (Å²) in [6, 6.07) is -0.0486. The molecule has 1 rings (SSSR count). The highest BCUT2D eigenvalue weighted by molar-refractivity contribution is 5.98. The Bertz CT molecular complexity index is 222. The lowest BCUT2D eigenvalue weighted by molar-refractivity contribution is -0.152. The molecule has 0 bridgehead atoms. The molecule has 4 heteroatoms. The van der Waals surface area contributed by atoms with Gasteiger partial charge in [-0.3, -0.25) is 14.5 Å². The van der Waals surface area contributed by atoms with E-state index >= 15 is 0 Å². The minimum absolute atomic E-state index is 0.0466. The zero-order chi connectivity index (χ0) is 10.7. The first kappa shape index (κ1) is 11.2. The molecule has 0 aromatic heterocycles. The number of likely N-dealkylation sites (tertiary alicyclic amines) is 1. The van der Waals surface area contributed by atoms with E-state index in [9.17, 15) is 9.59 Å². The van der Waals surface area contributed by atoms with E-state index in [2.05, 4.69) is 0 Å². The minimum atomic E-state index is -0.0486. The van der Waals surface area contributed by atoms with Crippen molar-refractivity contribution < 1.29 is 9.59 Å². The summed E-state index contributed by atoms with van der Waals surface area (Å²) in [5.74, 6) is 0.0979. The van der Waals surface area contributed by atoms with Crippen LogP contribution in [-0.2, 0) is 9.59 Å². The van der Waals surface area contributed by atoms with Crippen LogP contribution in [0.1, 0.15) is 33.1 Å². The molecule has 0 aromatic carbocycles. The van der Waals surface area contributed by atoms with Crippen LogP contribution in [0.5, 0.6) is 0 Å². The van der Waals surface area contributed by atoms with Gasteiger partial charge in [0.25, 0.3) is 0 Å². The summed E-state index contributed by atoms with van der Waals surface area (Å²) >= 11 is 0. The predicted molar refractivity (Wildman–Crippen MR) is 53.4 cm³/mol. The quantitative estimate of drug-likeness (QED) is 0.672. The van der Waals surface area contributed by atoms with E-state index in [-0.39, 0.29) is 23.8 Å². The van der Waals surface area contributed by atoms with Gasteiger partial charge in [-0.2, -0.15) is 0 Å². The first-order chi connectivity index (χ1) is 6.56. The Labute approximate surface area is 84.4 Å². The van der Waals surface area contributed by atoms with E-state index in [4.69, 9.17) is 5.73 Å². The van der Waals surface area contributed by atoms with Gasteiger partial charge in [0.2, 0.25) is 11.8 Å². The Morgan fingerprint density at radius 2 is 1.93 bits per heavy atom. The van der Waals surface area contributed by atoms with Crippen LogP contribution in [0.2, 0.25) is 0 Å².